The molecule has 0 atom stereocenters. The predicted molar refractivity (Wildman–Crippen MR) is 91.6 cm³/mol. The summed E-state index contributed by atoms with van der Waals surface area (Å²) >= 11 is 0. The summed E-state index contributed by atoms with van der Waals surface area (Å²) in [6, 6.07) is 1.66. The first kappa shape index (κ1) is 18.4. The first-order chi connectivity index (χ1) is 11.4. The van der Waals surface area contributed by atoms with Crippen molar-refractivity contribution >= 4 is 17.6 Å². The smallest absolute Gasteiger partial charge is 0.245 e. The van der Waals surface area contributed by atoms with Gasteiger partial charge in [0.15, 0.2) is 5.82 Å². The van der Waals surface area contributed by atoms with E-state index in [1.54, 1.807) is 17.9 Å². The van der Waals surface area contributed by atoms with Gasteiger partial charge in [-0.05, 0) is 38.8 Å². The van der Waals surface area contributed by atoms with E-state index >= 15 is 0 Å². The van der Waals surface area contributed by atoms with E-state index in [2.05, 4.69) is 15.4 Å². The lowest BCUT2D eigenvalue weighted by Gasteiger charge is -2.25. The van der Waals surface area contributed by atoms with Gasteiger partial charge in [0.05, 0.1) is 6.54 Å². The van der Waals surface area contributed by atoms with Crippen molar-refractivity contribution in [2.75, 3.05) is 38.0 Å². The third kappa shape index (κ3) is 5.96. The summed E-state index contributed by atoms with van der Waals surface area (Å²) in [7, 11) is 0. The Morgan fingerprint density at radius 2 is 2.08 bits per heavy atom. The molecule has 0 spiro atoms. The molecule has 1 N–H and O–H groups in total. The Labute approximate surface area is 143 Å². The van der Waals surface area contributed by atoms with Crippen LogP contribution in [0, 0.1) is 12.8 Å². The Hall–Kier alpha value is -1.89. The van der Waals surface area contributed by atoms with Crippen LogP contribution in [-0.4, -0.2) is 59.5 Å². The minimum absolute atomic E-state index is 0.0238. The molecule has 7 nitrogen and oxygen atoms in total. The molecule has 0 aliphatic carbocycles. The van der Waals surface area contributed by atoms with Crippen LogP contribution in [0.3, 0.4) is 0 Å². The molecule has 1 fully saturated rings. The van der Waals surface area contributed by atoms with Crippen molar-refractivity contribution in [2.24, 2.45) is 5.92 Å². The van der Waals surface area contributed by atoms with Crippen LogP contribution in [0.1, 0.15) is 38.9 Å². The molecule has 7 heteroatoms. The summed E-state index contributed by atoms with van der Waals surface area (Å²) in [5.74, 6) is 1.06. The Bertz CT molecular complexity index is 550. The Morgan fingerprint density at radius 3 is 2.67 bits per heavy atom. The second-order valence-corrected chi connectivity index (χ2v) is 6.83. The minimum Gasteiger partial charge on any atom is -0.360 e. The molecule has 1 aromatic rings. The van der Waals surface area contributed by atoms with Crippen LogP contribution in [0.5, 0.6) is 0 Å². The first-order valence-corrected chi connectivity index (χ1v) is 8.67. The number of likely N-dealkylation sites (tertiary alicyclic amines) is 1. The lowest BCUT2D eigenvalue weighted by molar-refractivity contribution is -0.135. The summed E-state index contributed by atoms with van der Waals surface area (Å²) < 4.78 is 4.93. The van der Waals surface area contributed by atoms with Crippen LogP contribution in [0.2, 0.25) is 0 Å². The molecule has 0 unspecified atom stereocenters. The van der Waals surface area contributed by atoms with Crippen molar-refractivity contribution in [2.45, 2.75) is 40.0 Å². The molecule has 1 saturated heterocycles. The number of carbonyl (C=O) groups excluding carboxylic acids is 2. The lowest BCUT2D eigenvalue weighted by Crippen LogP contribution is -2.42. The molecule has 0 saturated carbocycles. The minimum atomic E-state index is -0.248. The molecule has 24 heavy (non-hydrogen) atoms. The van der Waals surface area contributed by atoms with Crippen LogP contribution < -0.4 is 5.32 Å². The fourth-order valence-corrected chi connectivity index (χ4v) is 2.82. The van der Waals surface area contributed by atoms with Gasteiger partial charge in [0, 0.05) is 25.6 Å². The zero-order valence-electron chi connectivity index (χ0n) is 14.9. The van der Waals surface area contributed by atoms with Crippen molar-refractivity contribution in [3.8, 4) is 0 Å². The zero-order valence-corrected chi connectivity index (χ0v) is 14.9. The Kier molecular flexibility index (Phi) is 6.78. The van der Waals surface area contributed by atoms with Crippen molar-refractivity contribution in [3.05, 3.63) is 11.8 Å². The number of amides is 2. The standard InChI is InChI=1S/C17H28N4O3/c1-13(2)10-17(23)21(9-8-20-6-4-5-7-20)12-16(22)18-15-11-14(3)24-19-15/h11,13H,4-10,12H2,1-3H3,(H,18,19,22). The largest absolute Gasteiger partial charge is 0.360 e. The van der Waals surface area contributed by atoms with Crippen LogP contribution in [-0.2, 0) is 9.59 Å². The number of rotatable bonds is 8. The van der Waals surface area contributed by atoms with Gasteiger partial charge in [-0.3, -0.25) is 9.59 Å². The number of anilines is 1. The van der Waals surface area contributed by atoms with Crippen LogP contribution in [0.25, 0.3) is 0 Å². The van der Waals surface area contributed by atoms with E-state index in [0.717, 1.165) is 19.6 Å². The second-order valence-electron chi connectivity index (χ2n) is 6.83. The van der Waals surface area contributed by atoms with Gasteiger partial charge in [-0.1, -0.05) is 19.0 Å². The van der Waals surface area contributed by atoms with Gasteiger partial charge in [0.1, 0.15) is 5.76 Å². The predicted octanol–water partition coefficient (Wildman–Crippen LogP) is 1.89. The lowest BCUT2D eigenvalue weighted by atomic mass is 10.1. The van der Waals surface area contributed by atoms with Gasteiger partial charge >= 0.3 is 0 Å². The fraction of sp³-hybridized carbons (Fsp3) is 0.706. The third-order valence-corrected chi connectivity index (χ3v) is 4.05. The van der Waals surface area contributed by atoms with E-state index in [1.165, 1.54) is 12.8 Å². The van der Waals surface area contributed by atoms with Crippen molar-refractivity contribution < 1.29 is 14.1 Å². The van der Waals surface area contributed by atoms with Gasteiger partial charge < -0.3 is 19.6 Å². The summed E-state index contributed by atoms with van der Waals surface area (Å²) in [5.41, 5.74) is 0. The molecule has 1 aliphatic heterocycles. The highest BCUT2D eigenvalue weighted by Crippen LogP contribution is 2.10. The highest BCUT2D eigenvalue weighted by atomic mass is 16.5. The van der Waals surface area contributed by atoms with Crippen LogP contribution in [0.4, 0.5) is 5.82 Å². The molecule has 2 amide bonds. The van der Waals surface area contributed by atoms with Crippen LogP contribution >= 0.6 is 0 Å². The molecule has 134 valence electrons. The summed E-state index contributed by atoms with van der Waals surface area (Å²) in [4.78, 5) is 28.7. The summed E-state index contributed by atoms with van der Waals surface area (Å²) in [6.07, 6.45) is 2.88. The molecular formula is C17H28N4O3. The maximum Gasteiger partial charge on any atom is 0.245 e. The van der Waals surface area contributed by atoms with Gasteiger partial charge in [0.2, 0.25) is 11.8 Å². The average Bonchev–Trinajstić information content (AvgIpc) is 3.14. The molecular weight excluding hydrogens is 308 g/mol. The van der Waals surface area contributed by atoms with E-state index in [1.807, 2.05) is 13.8 Å². The van der Waals surface area contributed by atoms with E-state index in [-0.39, 0.29) is 24.3 Å². The van der Waals surface area contributed by atoms with Crippen LogP contribution in [0.15, 0.2) is 10.6 Å². The van der Waals surface area contributed by atoms with Crippen molar-refractivity contribution in [1.29, 1.82) is 0 Å². The number of hydrogen-bond donors (Lipinski definition) is 1. The molecule has 2 rings (SSSR count). The topological polar surface area (TPSA) is 78.7 Å². The molecule has 1 aromatic heterocycles. The monoisotopic (exact) mass is 336 g/mol. The second kappa shape index (κ2) is 8.82. The van der Waals surface area contributed by atoms with E-state index in [0.29, 0.717) is 24.5 Å². The molecule has 1 aliphatic rings. The first-order valence-electron chi connectivity index (χ1n) is 8.67. The van der Waals surface area contributed by atoms with Gasteiger partial charge in [0.25, 0.3) is 0 Å². The number of hydrogen-bond acceptors (Lipinski definition) is 5. The summed E-state index contributed by atoms with van der Waals surface area (Å²) in [6.45, 7) is 9.39. The highest BCUT2D eigenvalue weighted by Gasteiger charge is 2.20. The maximum absolute atomic E-state index is 12.4. The van der Waals surface area contributed by atoms with Gasteiger partial charge in [-0.15, -0.1) is 0 Å². The highest BCUT2D eigenvalue weighted by molar-refractivity contribution is 5.93. The zero-order chi connectivity index (χ0) is 17.5. The molecule has 0 bridgehead atoms. The number of aromatic nitrogens is 1. The van der Waals surface area contributed by atoms with Gasteiger partial charge in [-0.2, -0.15) is 0 Å². The number of nitrogens with zero attached hydrogens (tertiary/aromatic N) is 3. The maximum atomic E-state index is 12.4. The van der Waals surface area contributed by atoms with Crippen molar-refractivity contribution in [3.63, 3.8) is 0 Å². The van der Waals surface area contributed by atoms with E-state index < -0.39 is 0 Å². The fourth-order valence-electron chi connectivity index (χ4n) is 2.82. The molecule has 0 radical (unpaired) electrons. The Morgan fingerprint density at radius 1 is 1.38 bits per heavy atom. The number of carbonyl (C=O) groups is 2. The Balaban J connectivity index is 1.90. The number of nitrogens with one attached hydrogen (secondary N) is 1. The van der Waals surface area contributed by atoms with Crippen molar-refractivity contribution in [1.82, 2.24) is 15.0 Å². The van der Waals surface area contributed by atoms with E-state index in [9.17, 15) is 9.59 Å². The normalized spacial score (nSPS) is 15.0. The van der Waals surface area contributed by atoms with Gasteiger partial charge in [-0.25, -0.2) is 0 Å². The number of aryl methyl sites for hydroxylation is 1. The molecule has 2 heterocycles. The molecule has 0 aromatic carbocycles. The average molecular weight is 336 g/mol. The summed E-state index contributed by atoms with van der Waals surface area (Å²) in [5, 5.41) is 6.42. The van der Waals surface area contributed by atoms with E-state index in [4.69, 9.17) is 4.52 Å². The SMILES string of the molecule is Cc1cc(NC(=O)CN(CCN2CCCC2)C(=O)CC(C)C)no1. The third-order valence-electron chi connectivity index (χ3n) is 4.05. The quantitative estimate of drug-likeness (QED) is 0.784.